The molecule has 0 fully saturated rings. The molecule has 0 atom stereocenters. The summed E-state index contributed by atoms with van der Waals surface area (Å²) in [7, 11) is 1.54. The maximum atomic E-state index is 13.8. The topological polar surface area (TPSA) is 47.6 Å². The molecule has 0 unspecified atom stereocenters. The number of nitrogens with one attached hydrogen (secondary N) is 1. The summed E-state index contributed by atoms with van der Waals surface area (Å²) in [4.78, 5) is 12.1. The van der Waals surface area contributed by atoms with Crippen LogP contribution in [0.4, 0.5) is 10.1 Å². The minimum atomic E-state index is -0.519. The van der Waals surface area contributed by atoms with Gasteiger partial charge in [-0.15, -0.1) is 0 Å². The molecule has 0 bridgehead atoms. The highest BCUT2D eigenvalue weighted by molar-refractivity contribution is 9.10. The summed E-state index contributed by atoms with van der Waals surface area (Å²) in [6.07, 6.45) is 2.93. The first-order valence-corrected chi connectivity index (χ1v) is 10.1. The van der Waals surface area contributed by atoms with Gasteiger partial charge in [0.15, 0.2) is 11.5 Å². The largest absolute Gasteiger partial charge is 0.493 e. The number of methoxy groups -OCH3 is 1. The number of amides is 1. The monoisotopic (exact) mass is 489 g/mol. The predicted octanol–water partition coefficient (Wildman–Crippen LogP) is 6.48. The van der Waals surface area contributed by atoms with E-state index in [4.69, 9.17) is 21.1 Å². The van der Waals surface area contributed by atoms with Gasteiger partial charge in [-0.05, 0) is 59.7 Å². The van der Waals surface area contributed by atoms with Gasteiger partial charge in [0.1, 0.15) is 12.4 Å². The summed E-state index contributed by atoms with van der Waals surface area (Å²) in [5.74, 6) is 0.143. The van der Waals surface area contributed by atoms with E-state index in [-0.39, 0.29) is 5.69 Å². The number of benzene rings is 3. The van der Waals surface area contributed by atoms with Gasteiger partial charge in [0.2, 0.25) is 5.91 Å². The number of hydrogen-bond acceptors (Lipinski definition) is 3. The number of ether oxygens (including phenoxy) is 2. The first-order valence-electron chi connectivity index (χ1n) is 8.94. The van der Waals surface area contributed by atoms with Crippen molar-refractivity contribution >= 4 is 45.2 Å². The Morgan fingerprint density at radius 3 is 2.57 bits per heavy atom. The Bertz CT molecular complexity index is 1070. The Balaban J connectivity index is 1.64. The van der Waals surface area contributed by atoms with Crippen molar-refractivity contribution in [1.82, 2.24) is 0 Å². The van der Waals surface area contributed by atoms with Crippen molar-refractivity contribution in [3.05, 3.63) is 93.2 Å². The Morgan fingerprint density at radius 2 is 1.87 bits per heavy atom. The van der Waals surface area contributed by atoms with Crippen molar-refractivity contribution in [1.29, 1.82) is 0 Å². The van der Waals surface area contributed by atoms with E-state index in [1.807, 2.05) is 12.1 Å². The van der Waals surface area contributed by atoms with Gasteiger partial charge in [-0.2, -0.15) is 0 Å². The third-order valence-electron chi connectivity index (χ3n) is 4.11. The lowest BCUT2D eigenvalue weighted by molar-refractivity contribution is -0.111. The fourth-order valence-corrected chi connectivity index (χ4v) is 3.05. The fraction of sp³-hybridized carbons (Fsp3) is 0.0870. The summed E-state index contributed by atoms with van der Waals surface area (Å²) in [5, 5.41) is 3.17. The molecule has 0 aliphatic rings. The van der Waals surface area contributed by atoms with E-state index in [1.54, 1.807) is 49.6 Å². The second kappa shape index (κ2) is 10.3. The Labute approximate surface area is 187 Å². The SMILES string of the molecule is COc1cc(/C=C/C(=O)Nc2ccc(Br)cc2F)ccc1OCc1ccc(Cl)cc1. The fourth-order valence-electron chi connectivity index (χ4n) is 2.59. The number of anilines is 1. The van der Waals surface area contributed by atoms with Gasteiger partial charge in [-0.3, -0.25) is 4.79 Å². The van der Waals surface area contributed by atoms with Crippen LogP contribution in [0.2, 0.25) is 5.02 Å². The summed E-state index contributed by atoms with van der Waals surface area (Å²) in [6, 6.07) is 17.1. The van der Waals surface area contributed by atoms with Gasteiger partial charge in [0.05, 0.1) is 12.8 Å². The molecule has 0 spiro atoms. The number of hydrogen-bond donors (Lipinski definition) is 1. The average Bonchev–Trinajstić information content (AvgIpc) is 2.74. The molecule has 0 saturated heterocycles. The molecule has 0 radical (unpaired) electrons. The highest BCUT2D eigenvalue weighted by Crippen LogP contribution is 2.29. The zero-order valence-corrected chi connectivity index (χ0v) is 18.3. The van der Waals surface area contributed by atoms with Crippen molar-refractivity contribution in [2.75, 3.05) is 12.4 Å². The minimum Gasteiger partial charge on any atom is -0.493 e. The number of rotatable bonds is 7. The third kappa shape index (κ3) is 6.08. The zero-order chi connectivity index (χ0) is 21.5. The Morgan fingerprint density at radius 1 is 1.10 bits per heavy atom. The zero-order valence-electron chi connectivity index (χ0n) is 16.0. The van der Waals surface area contributed by atoms with Crippen LogP contribution in [0.5, 0.6) is 11.5 Å². The van der Waals surface area contributed by atoms with E-state index in [0.29, 0.717) is 27.6 Å². The molecule has 3 aromatic carbocycles. The molecule has 3 aromatic rings. The second-order valence-corrected chi connectivity index (χ2v) is 7.62. The lowest BCUT2D eigenvalue weighted by Crippen LogP contribution is -2.09. The molecule has 1 N–H and O–H groups in total. The standard InChI is InChI=1S/C23H18BrClFNO3/c1-29-22-12-15(4-10-21(22)30-14-16-2-7-18(25)8-3-16)5-11-23(28)27-20-9-6-17(24)13-19(20)26/h2-13H,14H2,1H3,(H,27,28)/b11-5+. The molecular weight excluding hydrogens is 473 g/mol. The Hall–Kier alpha value is -2.83. The molecule has 0 aromatic heterocycles. The average molecular weight is 491 g/mol. The van der Waals surface area contributed by atoms with E-state index in [2.05, 4.69) is 21.2 Å². The second-order valence-electron chi connectivity index (χ2n) is 6.27. The van der Waals surface area contributed by atoms with Crippen LogP contribution < -0.4 is 14.8 Å². The molecule has 154 valence electrons. The normalized spacial score (nSPS) is 10.8. The van der Waals surface area contributed by atoms with E-state index in [9.17, 15) is 9.18 Å². The van der Waals surface area contributed by atoms with Crippen molar-refractivity contribution < 1.29 is 18.7 Å². The Kier molecular flexibility index (Phi) is 7.49. The predicted molar refractivity (Wildman–Crippen MR) is 121 cm³/mol. The smallest absolute Gasteiger partial charge is 0.248 e. The molecule has 0 saturated carbocycles. The highest BCUT2D eigenvalue weighted by Gasteiger charge is 2.07. The summed E-state index contributed by atoms with van der Waals surface area (Å²) in [5.41, 5.74) is 1.82. The van der Waals surface area contributed by atoms with Crippen LogP contribution in [0, 0.1) is 5.82 Å². The van der Waals surface area contributed by atoms with Crippen LogP contribution in [-0.4, -0.2) is 13.0 Å². The molecule has 30 heavy (non-hydrogen) atoms. The van der Waals surface area contributed by atoms with E-state index >= 15 is 0 Å². The third-order valence-corrected chi connectivity index (χ3v) is 4.86. The van der Waals surface area contributed by atoms with Crippen LogP contribution in [-0.2, 0) is 11.4 Å². The summed E-state index contributed by atoms with van der Waals surface area (Å²) >= 11 is 9.07. The number of carbonyl (C=O) groups is 1. The molecule has 0 aliphatic heterocycles. The van der Waals surface area contributed by atoms with Gasteiger partial charge < -0.3 is 14.8 Å². The summed E-state index contributed by atoms with van der Waals surface area (Å²) in [6.45, 7) is 0.365. The van der Waals surface area contributed by atoms with Crippen molar-refractivity contribution in [3.63, 3.8) is 0 Å². The number of carbonyl (C=O) groups excluding carboxylic acids is 1. The first-order chi connectivity index (χ1) is 14.4. The quantitative estimate of drug-likeness (QED) is 0.386. The molecule has 4 nitrogen and oxygen atoms in total. The molecule has 0 heterocycles. The van der Waals surface area contributed by atoms with Gasteiger partial charge in [-0.25, -0.2) is 4.39 Å². The van der Waals surface area contributed by atoms with Crippen LogP contribution in [0.15, 0.2) is 71.2 Å². The first kappa shape index (κ1) is 21.9. The summed E-state index contributed by atoms with van der Waals surface area (Å²) < 4.78 is 25.6. The van der Waals surface area contributed by atoms with E-state index in [1.165, 1.54) is 18.2 Å². The van der Waals surface area contributed by atoms with Gasteiger partial charge in [0.25, 0.3) is 0 Å². The van der Waals surface area contributed by atoms with Crippen LogP contribution in [0.3, 0.4) is 0 Å². The molecule has 7 heteroatoms. The van der Waals surface area contributed by atoms with Gasteiger partial charge in [-0.1, -0.05) is 45.7 Å². The van der Waals surface area contributed by atoms with Crippen LogP contribution in [0.25, 0.3) is 6.08 Å². The molecular formula is C23H18BrClFNO3. The highest BCUT2D eigenvalue weighted by atomic mass is 79.9. The molecule has 0 aliphatic carbocycles. The minimum absolute atomic E-state index is 0.108. The van der Waals surface area contributed by atoms with Crippen molar-refractivity contribution in [2.24, 2.45) is 0 Å². The van der Waals surface area contributed by atoms with Crippen molar-refractivity contribution in [3.8, 4) is 11.5 Å². The molecule has 1 amide bonds. The number of halogens is 3. The lowest BCUT2D eigenvalue weighted by atomic mass is 10.2. The van der Waals surface area contributed by atoms with Crippen LogP contribution in [0.1, 0.15) is 11.1 Å². The van der Waals surface area contributed by atoms with E-state index in [0.717, 1.165) is 11.1 Å². The van der Waals surface area contributed by atoms with E-state index < -0.39 is 11.7 Å². The van der Waals surface area contributed by atoms with Crippen molar-refractivity contribution in [2.45, 2.75) is 6.61 Å². The maximum Gasteiger partial charge on any atom is 0.248 e. The molecule has 3 rings (SSSR count). The van der Waals surface area contributed by atoms with Gasteiger partial charge in [0, 0.05) is 15.6 Å². The van der Waals surface area contributed by atoms with Gasteiger partial charge >= 0.3 is 0 Å². The maximum absolute atomic E-state index is 13.8. The lowest BCUT2D eigenvalue weighted by Gasteiger charge is -2.11. The van der Waals surface area contributed by atoms with Crippen LogP contribution >= 0.6 is 27.5 Å².